The fraction of sp³-hybridized carbons (Fsp3) is 1.00. The van der Waals surface area contributed by atoms with Gasteiger partial charge in [0.25, 0.3) is 0 Å². The fourth-order valence-corrected chi connectivity index (χ4v) is 2.65. The van der Waals surface area contributed by atoms with Crippen LogP contribution in [0.3, 0.4) is 0 Å². The molecule has 6 heteroatoms. The highest BCUT2D eigenvalue weighted by molar-refractivity contribution is 4.82. The molecule has 120 valence electrons. The summed E-state index contributed by atoms with van der Waals surface area (Å²) in [6, 6.07) is 0.577. The summed E-state index contributed by atoms with van der Waals surface area (Å²) in [5.41, 5.74) is 0. The minimum absolute atomic E-state index is 0.182. The smallest absolute Gasteiger partial charge is 0.372 e. The number of rotatable bonds is 8. The molecule has 3 nitrogen and oxygen atoms in total. The molecule has 1 rings (SSSR count). The Morgan fingerprint density at radius 2 is 2.10 bits per heavy atom. The third kappa shape index (κ3) is 7.45. The van der Waals surface area contributed by atoms with Crippen molar-refractivity contribution in [2.24, 2.45) is 5.92 Å². The standard InChI is InChI=1S/C14H27F3N2O/c1-3-6-18-13-5-8-19(10-12(13)2)7-4-9-20-11-14(15,16)17/h12-13,18H,3-11H2,1-2H3. The second-order valence-electron chi connectivity index (χ2n) is 5.65. The maximum Gasteiger partial charge on any atom is 0.411 e. The summed E-state index contributed by atoms with van der Waals surface area (Å²) in [7, 11) is 0. The molecule has 0 aliphatic carbocycles. The van der Waals surface area contributed by atoms with Crippen LogP contribution in [0.1, 0.15) is 33.1 Å². The molecule has 0 bridgehead atoms. The van der Waals surface area contributed by atoms with E-state index in [0.717, 1.165) is 39.0 Å². The topological polar surface area (TPSA) is 24.5 Å². The zero-order chi connectivity index (χ0) is 15.0. The molecule has 1 fully saturated rings. The summed E-state index contributed by atoms with van der Waals surface area (Å²) in [5, 5.41) is 3.56. The first kappa shape index (κ1) is 17.7. The van der Waals surface area contributed by atoms with Crippen molar-refractivity contribution >= 4 is 0 Å². The lowest BCUT2D eigenvalue weighted by Gasteiger charge is -2.37. The van der Waals surface area contributed by atoms with Crippen LogP contribution in [-0.2, 0) is 4.74 Å². The van der Waals surface area contributed by atoms with Crippen LogP contribution in [0.25, 0.3) is 0 Å². The molecule has 0 aromatic carbocycles. The molecular weight excluding hydrogens is 269 g/mol. The first-order valence-electron chi connectivity index (χ1n) is 7.52. The van der Waals surface area contributed by atoms with Crippen molar-refractivity contribution in [3.8, 4) is 0 Å². The van der Waals surface area contributed by atoms with Crippen molar-refractivity contribution in [3.05, 3.63) is 0 Å². The molecule has 1 aliphatic rings. The molecule has 0 spiro atoms. The van der Waals surface area contributed by atoms with Gasteiger partial charge in [0.15, 0.2) is 0 Å². The van der Waals surface area contributed by atoms with E-state index >= 15 is 0 Å². The van der Waals surface area contributed by atoms with Gasteiger partial charge in [-0.1, -0.05) is 13.8 Å². The zero-order valence-electron chi connectivity index (χ0n) is 12.5. The molecule has 0 radical (unpaired) electrons. The fourth-order valence-electron chi connectivity index (χ4n) is 2.65. The van der Waals surface area contributed by atoms with Crippen LogP contribution >= 0.6 is 0 Å². The van der Waals surface area contributed by atoms with Crippen molar-refractivity contribution in [2.75, 3.05) is 39.4 Å². The number of ether oxygens (including phenoxy) is 1. The van der Waals surface area contributed by atoms with Crippen molar-refractivity contribution in [3.63, 3.8) is 0 Å². The van der Waals surface area contributed by atoms with Gasteiger partial charge in [-0.15, -0.1) is 0 Å². The van der Waals surface area contributed by atoms with Gasteiger partial charge in [-0.3, -0.25) is 0 Å². The van der Waals surface area contributed by atoms with E-state index in [4.69, 9.17) is 0 Å². The second-order valence-corrected chi connectivity index (χ2v) is 5.65. The van der Waals surface area contributed by atoms with Gasteiger partial charge in [0.05, 0.1) is 0 Å². The first-order chi connectivity index (χ1) is 9.42. The second kappa shape index (κ2) is 8.85. The third-order valence-electron chi connectivity index (χ3n) is 3.67. The van der Waals surface area contributed by atoms with Crippen LogP contribution in [0.2, 0.25) is 0 Å². The summed E-state index contributed by atoms with van der Waals surface area (Å²) >= 11 is 0. The molecular formula is C14H27F3N2O. The van der Waals surface area contributed by atoms with E-state index in [0.29, 0.717) is 18.4 Å². The molecule has 1 saturated heterocycles. The van der Waals surface area contributed by atoms with Crippen LogP contribution in [0.4, 0.5) is 13.2 Å². The van der Waals surface area contributed by atoms with Crippen LogP contribution in [-0.4, -0.2) is 56.5 Å². The van der Waals surface area contributed by atoms with Gasteiger partial charge in [0.2, 0.25) is 0 Å². The number of hydrogen-bond donors (Lipinski definition) is 1. The normalized spacial score (nSPS) is 25.1. The Balaban J connectivity index is 2.09. The number of nitrogens with one attached hydrogen (secondary N) is 1. The summed E-state index contributed by atoms with van der Waals surface area (Å²) in [4.78, 5) is 2.33. The maximum atomic E-state index is 11.9. The largest absolute Gasteiger partial charge is 0.411 e. The molecule has 2 unspecified atom stereocenters. The van der Waals surface area contributed by atoms with Crippen LogP contribution in [0.15, 0.2) is 0 Å². The summed E-state index contributed by atoms with van der Waals surface area (Å²) in [6.45, 7) is 7.36. The van der Waals surface area contributed by atoms with E-state index in [1.54, 1.807) is 0 Å². The van der Waals surface area contributed by atoms with Crippen molar-refractivity contribution in [1.82, 2.24) is 10.2 Å². The van der Waals surface area contributed by atoms with E-state index < -0.39 is 12.8 Å². The minimum Gasteiger partial charge on any atom is -0.372 e. The molecule has 1 N–H and O–H groups in total. The summed E-state index contributed by atoms with van der Waals surface area (Å²) in [6.07, 6.45) is -1.29. The Kier molecular flexibility index (Phi) is 7.84. The molecule has 0 aromatic rings. The van der Waals surface area contributed by atoms with Gasteiger partial charge in [0.1, 0.15) is 6.61 Å². The molecule has 1 heterocycles. The molecule has 1 aliphatic heterocycles. The summed E-state index contributed by atoms with van der Waals surface area (Å²) in [5.74, 6) is 0.589. The quantitative estimate of drug-likeness (QED) is 0.697. The van der Waals surface area contributed by atoms with Crippen LogP contribution < -0.4 is 5.32 Å². The van der Waals surface area contributed by atoms with Gasteiger partial charge in [-0.25, -0.2) is 0 Å². The van der Waals surface area contributed by atoms with Gasteiger partial charge in [-0.05, 0) is 38.3 Å². The lowest BCUT2D eigenvalue weighted by molar-refractivity contribution is -0.174. The van der Waals surface area contributed by atoms with Gasteiger partial charge in [0, 0.05) is 25.7 Å². The first-order valence-corrected chi connectivity index (χ1v) is 7.52. The zero-order valence-corrected chi connectivity index (χ0v) is 12.5. The van der Waals surface area contributed by atoms with Crippen LogP contribution in [0.5, 0.6) is 0 Å². The Morgan fingerprint density at radius 1 is 1.35 bits per heavy atom. The van der Waals surface area contributed by atoms with Crippen molar-refractivity contribution in [1.29, 1.82) is 0 Å². The SMILES string of the molecule is CCCNC1CCN(CCCOCC(F)(F)F)CC1C. The minimum atomic E-state index is -4.21. The van der Waals surface area contributed by atoms with E-state index in [-0.39, 0.29) is 6.61 Å². The molecule has 0 saturated carbocycles. The molecule has 2 atom stereocenters. The number of nitrogens with zero attached hydrogens (tertiary/aromatic N) is 1. The van der Waals surface area contributed by atoms with Crippen LogP contribution in [0, 0.1) is 5.92 Å². The predicted octanol–water partition coefficient (Wildman–Crippen LogP) is 2.67. The highest BCUT2D eigenvalue weighted by Crippen LogP contribution is 2.17. The number of likely N-dealkylation sites (tertiary alicyclic amines) is 1. The monoisotopic (exact) mass is 296 g/mol. The van der Waals surface area contributed by atoms with E-state index in [1.807, 2.05) is 0 Å². The Hall–Kier alpha value is -0.330. The Morgan fingerprint density at radius 3 is 2.70 bits per heavy atom. The Labute approximate surface area is 119 Å². The molecule has 0 aromatic heterocycles. The highest BCUT2D eigenvalue weighted by atomic mass is 19.4. The average molecular weight is 296 g/mol. The number of halogens is 3. The average Bonchev–Trinajstić information content (AvgIpc) is 2.36. The molecule has 20 heavy (non-hydrogen) atoms. The van der Waals surface area contributed by atoms with E-state index in [1.165, 1.54) is 0 Å². The van der Waals surface area contributed by atoms with E-state index in [2.05, 4.69) is 28.8 Å². The number of hydrogen-bond acceptors (Lipinski definition) is 3. The van der Waals surface area contributed by atoms with Gasteiger partial charge in [-0.2, -0.15) is 13.2 Å². The maximum absolute atomic E-state index is 11.9. The lowest BCUT2D eigenvalue weighted by atomic mass is 9.93. The van der Waals surface area contributed by atoms with Crippen molar-refractivity contribution in [2.45, 2.75) is 45.3 Å². The Bertz CT molecular complexity index is 261. The van der Waals surface area contributed by atoms with E-state index in [9.17, 15) is 13.2 Å². The lowest BCUT2D eigenvalue weighted by Crippen LogP contribution is -2.48. The van der Waals surface area contributed by atoms with Gasteiger partial charge < -0.3 is 15.0 Å². The number of alkyl halides is 3. The highest BCUT2D eigenvalue weighted by Gasteiger charge is 2.27. The van der Waals surface area contributed by atoms with Gasteiger partial charge >= 0.3 is 6.18 Å². The number of piperidine rings is 1. The van der Waals surface area contributed by atoms with Crippen molar-refractivity contribution < 1.29 is 17.9 Å². The molecule has 0 amide bonds. The summed E-state index contributed by atoms with van der Waals surface area (Å²) < 4.78 is 40.3. The predicted molar refractivity (Wildman–Crippen MR) is 73.8 cm³/mol. The third-order valence-corrected chi connectivity index (χ3v) is 3.67.